The van der Waals surface area contributed by atoms with Crippen molar-refractivity contribution in [3.8, 4) is 5.75 Å². The minimum Gasteiger partial charge on any atom is -0.491 e. The van der Waals surface area contributed by atoms with Crippen molar-refractivity contribution in [1.82, 2.24) is 16.0 Å². The first-order valence-corrected chi connectivity index (χ1v) is 13.5. The van der Waals surface area contributed by atoms with Crippen LogP contribution in [0.15, 0.2) is 78.9 Å². The van der Waals surface area contributed by atoms with E-state index >= 15 is 0 Å². The van der Waals surface area contributed by atoms with E-state index in [0.717, 1.165) is 34.7 Å². The minimum atomic E-state index is -0.625. The normalized spacial score (nSPS) is 15.9. The number of carbonyl (C=O) groups is 2. The Morgan fingerprint density at radius 1 is 0.795 bits per heavy atom. The molecule has 9 nitrogen and oxygen atoms in total. The number of urea groups is 2. The topological polar surface area (TPSA) is 106 Å². The molecule has 5 rings (SSSR count). The van der Waals surface area contributed by atoms with E-state index in [0.29, 0.717) is 39.3 Å². The monoisotopic (exact) mass is 529 g/mol. The molecule has 2 aliphatic rings. The molecule has 0 bridgehead atoms. The lowest BCUT2D eigenvalue weighted by Gasteiger charge is -2.22. The molecular formula is C30H35N5O4. The Morgan fingerprint density at radius 2 is 1.33 bits per heavy atom. The Bertz CT molecular complexity index is 1170. The number of hydrogen-bond donors (Lipinski definition) is 4. The van der Waals surface area contributed by atoms with E-state index < -0.39 is 6.10 Å². The van der Waals surface area contributed by atoms with Gasteiger partial charge in [-0.25, -0.2) is 9.59 Å². The number of aliphatic hydroxyl groups excluding tert-OH is 1. The van der Waals surface area contributed by atoms with Crippen molar-refractivity contribution in [3.05, 3.63) is 90.0 Å². The zero-order chi connectivity index (χ0) is 27.0. The third-order valence-corrected chi connectivity index (χ3v) is 7.10. The standard InChI is InChI=1S/C30H35N5O4/c36-26(21-39-27-4-2-1-3-5-27)20-31-15-14-28(22-6-10-24(11-7-22)34-18-16-32-29(34)37)23-8-12-25(13-9-23)35-19-17-33-30(35)38/h1-13,26,28,31,36H,14-21H2,(H,32,37)(H,33,38)/t26-/m0/s1. The zero-order valence-corrected chi connectivity index (χ0v) is 21.9. The molecule has 9 heteroatoms. The summed E-state index contributed by atoms with van der Waals surface area (Å²) in [7, 11) is 0. The van der Waals surface area contributed by atoms with Crippen LogP contribution in [-0.4, -0.2) is 69.1 Å². The molecule has 3 aromatic rings. The Morgan fingerprint density at radius 3 is 1.82 bits per heavy atom. The Balaban J connectivity index is 1.23. The molecule has 0 aromatic heterocycles. The van der Waals surface area contributed by atoms with Crippen LogP contribution in [0.1, 0.15) is 23.5 Å². The molecule has 0 spiro atoms. The molecule has 1 atom stereocenters. The average molecular weight is 530 g/mol. The zero-order valence-electron chi connectivity index (χ0n) is 21.9. The fourth-order valence-corrected chi connectivity index (χ4v) is 5.02. The molecule has 4 amide bonds. The predicted molar refractivity (Wildman–Crippen MR) is 152 cm³/mol. The molecule has 0 saturated carbocycles. The summed E-state index contributed by atoms with van der Waals surface area (Å²) in [5.41, 5.74) is 4.03. The van der Waals surface area contributed by atoms with Crippen LogP contribution in [0.3, 0.4) is 0 Å². The summed E-state index contributed by atoms with van der Waals surface area (Å²) < 4.78 is 5.65. The molecule has 0 radical (unpaired) electrons. The van der Waals surface area contributed by atoms with Gasteiger partial charge < -0.3 is 25.8 Å². The number of nitrogens with one attached hydrogen (secondary N) is 3. The number of ether oxygens (including phenoxy) is 1. The first-order chi connectivity index (χ1) is 19.1. The molecular weight excluding hydrogens is 494 g/mol. The van der Waals surface area contributed by atoms with E-state index in [2.05, 4.69) is 40.2 Å². The summed E-state index contributed by atoms with van der Waals surface area (Å²) in [6, 6.07) is 25.6. The highest BCUT2D eigenvalue weighted by molar-refractivity contribution is 5.94. The van der Waals surface area contributed by atoms with Gasteiger partial charge in [0, 0.05) is 50.0 Å². The van der Waals surface area contributed by atoms with Gasteiger partial charge >= 0.3 is 12.1 Å². The number of amides is 4. The summed E-state index contributed by atoms with van der Waals surface area (Å²) in [4.78, 5) is 27.7. The van der Waals surface area contributed by atoms with Gasteiger partial charge in [0.25, 0.3) is 0 Å². The Kier molecular flexibility index (Phi) is 8.60. The van der Waals surface area contributed by atoms with Crippen LogP contribution in [0.2, 0.25) is 0 Å². The maximum absolute atomic E-state index is 12.1. The van der Waals surface area contributed by atoms with Crippen molar-refractivity contribution in [3.63, 3.8) is 0 Å². The second kappa shape index (κ2) is 12.6. The maximum Gasteiger partial charge on any atom is 0.321 e. The number of rotatable bonds is 12. The Labute approximate surface area is 228 Å². The number of para-hydroxylation sites is 1. The lowest BCUT2D eigenvalue weighted by atomic mass is 9.88. The van der Waals surface area contributed by atoms with E-state index in [1.807, 2.05) is 54.6 Å². The smallest absolute Gasteiger partial charge is 0.321 e. The van der Waals surface area contributed by atoms with Crippen molar-refractivity contribution in [2.45, 2.75) is 18.4 Å². The van der Waals surface area contributed by atoms with E-state index in [4.69, 9.17) is 4.74 Å². The van der Waals surface area contributed by atoms with Crippen molar-refractivity contribution in [1.29, 1.82) is 0 Å². The second-order valence-electron chi connectivity index (χ2n) is 9.77. The van der Waals surface area contributed by atoms with Crippen molar-refractivity contribution in [2.24, 2.45) is 0 Å². The Hall–Kier alpha value is -4.08. The highest BCUT2D eigenvalue weighted by Gasteiger charge is 2.23. The van der Waals surface area contributed by atoms with Crippen LogP contribution in [0, 0.1) is 0 Å². The van der Waals surface area contributed by atoms with E-state index in [9.17, 15) is 14.7 Å². The van der Waals surface area contributed by atoms with Crippen LogP contribution >= 0.6 is 0 Å². The van der Waals surface area contributed by atoms with E-state index in [-0.39, 0.29) is 24.6 Å². The van der Waals surface area contributed by atoms with Gasteiger partial charge in [0.15, 0.2) is 0 Å². The quantitative estimate of drug-likeness (QED) is 0.270. The molecule has 2 fully saturated rings. The number of aliphatic hydroxyl groups is 1. The van der Waals surface area contributed by atoms with Gasteiger partial charge in [-0.05, 0) is 60.5 Å². The predicted octanol–water partition coefficient (Wildman–Crippen LogP) is 3.30. The van der Waals surface area contributed by atoms with Gasteiger partial charge in [-0.1, -0.05) is 42.5 Å². The first-order valence-electron chi connectivity index (χ1n) is 13.5. The minimum absolute atomic E-state index is 0.0696. The fourth-order valence-electron chi connectivity index (χ4n) is 5.02. The summed E-state index contributed by atoms with van der Waals surface area (Å²) in [6.07, 6.45) is 0.180. The molecule has 0 aliphatic carbocycles. The van der Waals surface area contributed by atoms with Crippen molar-refractivity contribution >= 4 is 23.4 Å². The lowest BCUT2D eigenvalue weighted by molar-refractivity contribution is 0.106. The lowest BCUT2D eigenvalue weighted by Crippen LogP contribution is -2.32. The molecule has 0 unspecified atom stereocenters. The highest BCUT2D eigenvalue weighted by Crippen LogP contribution is 2.31. The van der Waals surface area contributed by atoms with Crippen LogP contribution in [0.5, 0.6) is 5.75 Å². The molecule has 4 N–H and O–H groups in total. The summed E-state index contributed by atoms with van der Waals surface area (Å²) in [5, 5.41) is 19.4. The van der Waals surface area contributed by atoms with Crippen LogP contribution in [0.4, 0.5) is 21.0 Å². The van der Waals surface area contributed by atoms with Gasteiger partial charge in [0.2, 0.25) is 0 Å². The van der Waals surface area contributed by atoms with Crippen LogP contribution in [0.25, 0.3) is 0 Å². The van der Waals surface area contributed by atoms with E-state index in [1.54, 1.807) is 9.80 Å². The second-order valence-corrected chi connectivity index (χ2v) is 9.77. The molecule has 2 saturated heterocycles. The summed E-state index contributed by atoms with van der Waals surface area (Å²) in [5.74, 6) is 0.833. The number of nitrogens with zero attached hydrogens (tertiary/aromatic N) is 2. The summed E-state index contributed by atoms with van der Waals surface area (Å²) in [6.45, 7) is 3.96. The maximum atomic E-state index is 12.1. The molecule has 3 aromatic carbocycles. The molecule has 204 valence electrons. The van der Waals surface area contributed by atoms with Gasteiger partial charge in [-0.2, -0.15) is 0 Å². The average Bonchev–Trinajstić information content (AvgIpc) is 3.60. The third-order valence-electron chi connectivity index (χ3n) is 7.10. The van der Waals surface area contributed by atoms with Crippen molar-refractivity contribution < 1.29 is 19.4 Å². The SMILES string of the molecule is O=C1NCCN1c1ccc(C(CCNC[C@H](O)COc2ccccc2)c2ccc(N3CCNC3=O)cc2)cc1. The fraction of sp³-hybridized carbons (Fsp3) is 0.333. The number of anilines is 2. The highest BCUT2D eigenvalue weighted by atomic mass is 16.5. The molecule has 39 heavy (non-hydrogen) atoms. The molecule has 2 aliphatic heterocycles. The van der Waals surface area contributed by atoms with Gasteiger partial charge in [0.05, 0.1) is 0 Å². The van der Waals surface area contributed by atoms with Gasteiger partial charge in [-0.3, -0.25) is 9.80 Å². The first kappa shape index (κ1) is 26.5. The number of hydrogen-bond acceptors (Lipinski definition) is 5. The third kappa shape index (κ3) is 6.68. The van der Waals surface area contributed by atoms with Crippen LogP contribution < -0.4 is 30.5 Å². The van der Waals surface area contributed by atoms with Crippen molar-refractivity contribution in [2.75, 3.05) is 55.7 Å². The van der Waals surface area contributed by atoms with E-state index in [1.165, 1.54) is 0 Å². The van der Waals surface area contributed by atoms with Crippen LogP contribution in [-0.2, 0) is 0 Å². The van der Waals surface area contributed by atoms with Gasteiger partial charge in [-0.15, -0.1) is 0 Å². The number of benzene rings is 3. The largest absolute Gasteiger partial charge is 0.491 e. The number of carbonyl (C=O) groups excluding carboxylic acids is 2. The van der Waals surface area contributed by atoms with Gasteiger partial charge in [0.1, 0.15) is 18.5 Å². The molecule has 2 heterocycles. The summed E-state index contributed by atoms with van der Waals surface area (Å²) >= 11 is 0.